The van der Waals surface area contributed by atoms with Gasteiger partial charge in [-0.3, -0.25) is 0 Å². The Balaban J connectivity index is 1.25. The van der Waals surface area contributed by atoms with Gasteiger partial charge in [0.05, 0.1) is 29.0 Å². The molecule has 5 nitrogen and oxygen atoms in total. The van der Waals surface area contributed by atoms with Gasteiger partial charge in [0.1, 0.15) is 0 Å². The van der Waals surface area contributed by atoms with Crippen LogP contribution in [0.5, 0.6) is 0 Å². The first kappa shape index (κ1) is 27.1. The summed E-state index contributed by atoms with van der Waals surface area (Å²) in [6, 6.07) is 33.0. The molecule has 6 rings (SSSR count). The predicted molar refractivity (Wildman–Crippen MR) is 163 cm³/mol. The Labute approximate surface area is 243 Å². The lowest BCUT2D eigenvalue weighted by Gasteiger charge is -2.41. The second-order valence-corrected chi connectivity index (χ2v) is 12.4. The number of para-hydroxylation sites is 1. The molecular formula is C33H32N2O3S2. The molecule has 0 radical (unpaired) electrons. The number of nitrogens with zero attached hydrogens (tertiary/aromatic N) is 1. The quantitative estimate of drug-likeness (QED) is 0.189. The fourth-order valence-electron chi connectivity index (χ4n) is 5.09. The number of hydrogen-bond acceptors (Lipinski definition) is 7. The smallest absolute Gasteiger partial charge is 0.184 e. The fourth-order valence-corrected chi connectivity index (χ4v) is 7.34. The molecule has 0 bridgehead atoms. The van der Waals surface area contributed by atoms with Gasteiger partial charge in [0.2, 0.25) is 0 Å². The number of hydrogen-bond donors (Lipinski definition) is 2. The van der Waals surface area contributed by atoms with E-state index in [1.54, 1.807) is 23.1 Å². The van der Waals surface area contributed by atoms with Crippen molar-refractivity contribution in [2.45, 2.75) is 42.9 Å². The summed E-state index contributed by atoms with van der Waals surface area (Å²) < 4.78 is 15.5. The highest BCUT2D eigenvalue weighted by molar-refractivity contribution is 8.01. The van der Waals surface area contributed by atoms with Crippen molar-refractivity contribution in [2.24, 2.45) is 11.7 Å². The molecule has 0 amide bonds. The van der Waals surface area contributed by atoms with Crippen molar-refractivity contribution in [3.63, 3.8) is 0 Å². The van der Waals surface area contributed by atoms with Crippen molar-refractivity contribution in [1.29, 1.82) is 0 Å². The van der Waals surface area contributed by atoms with Gasteiger partial charge in [-0.25, -0.2) is 4.98 Å². The van der Waals surface area contributed by atoms with E-state index in [1.165, 1.54) is 4.70 Å². The molecule has 0 saturated carbocycles. The number of aliphatic hydroxyl groups is 1. The van der Waals surface area contributed by atoms with E-state index in [-0.39, 0.29) is 24.7 Å². The topological polar surface area (TPSA) is 77.6 Å². The van der Waals surface area contributed by atoms with E-state index in [9.17, 15) is 5.11 Å². The van der Waals surface area contributed by atoms with Gasteiger partial charge in [0.15, 0.2) is 10.6 Å². The Morgan fingerprint density at radius 1 is 0.850 bits per heavy atom. The molecule has 0 unspecified atom stereocenters. The number of benzene rings is 4. The van der Waals surface area contributed by atoms with E-state index in [0.717, 1.165) is 49.0 Å². The number of rotatable bonds is 8. The first-order valence-electron chi connectivity index (χ1n) is 13.5. The third kappa shape index (κ3) is 5.86. The fraction of sp³-hybridized carbons (Fsp3) is 0.242. The molecular weight excluding hydrogens is 537 g/mol. The Morgan fingerprint density at radius 2 is 1.62 bits per heavy atom. The van der Waals surface area contributed by atoms with Crippen LogP contribution in [0.25, 0.3) is 21.3 Å². The highest BCUT2D eigenvalue weighted by Crippen LogP contribution is 2.43. The van der Waals surface area contributed by atoms with Gasteiger partial charge in [-0.2, -0.15) is 0 Å². The van der Waals surface area contributed by atoms with Crippen LogP contribution in [0.2, 0.25) is 0 Å². The van der Waals surface area contributed by atoms with E-state index < -0.39 is 6.29 Å². The van der Waals surface area contributed by atoms with Crippen molar-refractivity contribution in [3.8, 4) is 11.1 Å². The highest BCUT2D eigenvalue weighted by Gasteiger charge is 2.38. The van der Waals surface area contributed by atoms with E-state index in [0.29, 0.717) is 6.54 Å². The zero-order valence-electron chi connectivity index (χ0n) is 22.3. The molecule has 204 valence electrons. The lowest BCUT2D eigenvalue weighted by molar-refractivity contribution is -0.268. The molecule has 5 aromatic rings. The van der Waals surface area contributed by atoms with Crippen LogP contribution in [0.4, 0.5) is 0 Å². The van der Waals surface area contributed by atoms with E-state index in [4.69, 9.17) is 20.2 Å². The SMILES string of the molecule is C[C@@H]1[C@H](CSc2nc3ccccc3s2)O[C@H](c2ccc(-c3cccc(CN)c3)cc2)O[C@@H]1c1ccc(CO)cc1. The summed E-state index contributed by atoms with van der Waals surface area (Å²) >= 11 is 3.46. The summed E-state index contributed by atoms with van der Waals surface area (Å²) in [6.07, 6.45) is -0.684. The number of thioether (sulfide) groups is 1. The molecule has 0 aliphatic carbocycles. The molecule has 1 aromatic heterocycles. The molecule has 0 spiro atoms. The van der Waals surface area contributed by atoms with E-state index in [1.807, 2.05) is 30.3 Å². The molecule has 4 atom stereocenters. The molecule has 4 aromatic carbocycles. The standard InChI is InChI=1S/C33H32N2O3S2/c1-21-29(20-39-33-35-28-7-2-3-8-30(28)40-33)37-32(38-31(21)25-11-9-22(19-36)10-12-25)26-15-13-24(14-16-26)27-6-4-5-23(17-27)18-34/h2-17,21,29,31-32,36H,18-20,34H2,1H3/t21-,29+,31+,32+/m1/s1. The van der Waals surface area contributed by atoms with Gasteiger partial charge >= 0.3 is 0 Å². The molecule has 2 heterocycles. The van der Waals surface area contributed by atoms with Crippen LogP contribution in [0.1, 0.15) is 41.6 Å². The van der Waals surface area contributed by atoms with Crippen LogP contribution in [-0.2, 0) is 22.6 Å². The van der Waals surface area contributed by atoms with Gasteiger partial charge in [-0.1, -0.05) is 97.5 Å². The minimum Gasteiger partial charge on any atom is -0.392 e. The molecule has 1 aliphatic heterocycles. The van der Waals surface area contributed by atoms with Crippen molar-refractivity contribution < 1.29 is 14.6 Å². The predicted octanol–water partition coefficient (Wildman–Crippen LogP) is 7.50. The van der Waals surface area contributed by atoms with Crippen LogP contribution in [0.15, 0.2) is 101 Å². The molecule has 1 saturated heterocycles. The Hall–Kier alpha value is -3.04. The molecule has 40 heavy (non-hydrogen) atoms. The molecule has 1 aliphatic rings. The molecule has 1 fully saturated rings. The van der Waals surface area contributed by atoms with E-state index >= 15 is 0 Å². The average Bonchev–Trinajstić information content (AvgIpc) is 3.44. The summed E-state index contributed by atoms with van der Waals surface area (Å²) in [7, 11) is 0. The van der Waals surface area contributed by atoms with Gasteiger partial charge < -0.3 is 20.3 Å². The zero-order chi connectivity index (χ0) is 27.5. The number of thiazole rings is 1. The normalized spacial score (nSPS) is 21.1. The Kier molecular flexibility index (Phi) is 8.30. The first-order chi connectivity index (χ1) is 19.6. The lowest BCUT2D eigenvalue weighted by atomic mass is 9.91. The van der Waals surface area contributed by atoms with Gasteiger partial charge in [-0.15, -0.1) is 11.3 Å². The third-order valence-electron chi connectivity index (χ3n) is 7.45. The summed E-state index contributed by atoms with van der Waals surface area (Å²) in [6.45, 7) is 2.73. The number of nitrogens with two attached hydrogens (primary N) is 1. The number of aromatic nitrogens is 1. The van der Waals surface area contributed by atoms with Gasteiger partial charge in [-0.05, 0) is 46.0 Å². The highest BCUT2D eigenvalue weighted by atomic mass is 32.2. The number of aliphatic hydroxyl groups excluding tert-OH is 1. The maximum absolute atomic E-state index is 9.52. The summed E-state index contributed by atoms with van der Waals surface area (Å²) in [5.41, 5.74) is 13.2. The summed E-state index contributed by atoms with van der Waals surface area (Å²) in [5, 5.41) is 9.52. The minimum absolute atomic E-state index is 0.0229. The van der Waals surface area contributed by atoms with E-state index in [2.05, 4.69) is 73.7 Å². The minimum atomic E-state index is -0.496. The Morgan fingerprint density at radius 3 is 2.38 bits per heavy atom. The van der Waals surface area contributed by atoms with Crippen LogP contribution in [0, 0.1) is 5.92 Å². The van der Waals surface area contributed by atoms with Crippen LogP contribution in [0.3, 0.4) is 0 Å². The van der Waals surface area contributed by atoms with Crippen molar-refractivity contribution in [3.05, 3.63) is 119 Å². The average molecular weight is 569 g/mol. The number of fused-ring (bicyclic) bond motifs is 1. The second kappa shape index (κ2) is 12.2. The summed E-state index contributed by atoms with van der Waals surface area (Å²) in [4.78, 5) is 4.81. The molecule has 3 N–H and O–H groups in total. The number of ether oxygens (including phenoxy) is 2. The van der Waals surface area contributed by atoms with Crippen molar-refractivity contribution in [1.82, 2.24) is 4.98 Å². The van der Waals surface area contributed by atoms with Gasteiger partial charge in [0, 0.05) is 23.8 Å². The third-order valence-corrected chi connectivity index (χ3v) is 9.72. The Bertz CT molecular complexity index is 1540. The van der Waals surface area contributed by atoms with Crippen LogP contribution >= 0.6 is 23.1 Å². The van der Waals surface area contributed by atoms with Crippen molar-refractivity contribution in [2.75, 3.05) is 5.75 Å². The lowest BCUT2D eigenvalue weighted by Crippen LogP contribution is -2.38. The maximum Gasteiger partial charge on any atom is 0.184 e. The van der Waals surface area contributed by atoms with Gasteiger partial charge in [0.25, 0.3) is 0 Å². The first-order valence-corrected chi connectivity index (χ1v) is 15.3. The maximum atomic E-state index is 9.52. The summed E-state index contributed by atoms with van der Waals surface area (Å²) in [5.74, 6) is 0.895. The monoisotopic (exact) mass is 568 g/mol. The van der Waals surface area contributed by atoms with Crippen molar-refractivity contribution >= 4 is 33.3 Å². The molecule has 7 heteroatoms. The largest absolute Gasteiger partial charge is 0.392 e. The second-order valence-electron chi connectivity index (χ2n) is 10.1. The van der Waals surface area contributed by atoms with Crippen LogP contribution in [-0.4, -0.2) is 21.9 Å². The zero-order valence-corrected chi connectivity index (χ0v) is 23.9. The van der Waals surface area contributed by atoms with Crippen LogP contribution < -0.4 is 5.73 Å².